The molecular weight excluding hydrogens is 417 g/mol. The summed E-state index contributed by atoms with van der Waals surface area (Å²) in [6.45, 7) is 5.99. The molecule has 1 saturated heterocycles. The Kier molecular flexibility index (Phi) is 5.94. The van der Waals surface area contributed by atoms with Gasteiger partial charge in [0.1, 0.15) is 17.2 Å². The second kappa shape index (κ2) is 9.17. The molecular formula is C26H28FN5O. The SMILES string of the molecule is Cc1ccccc1N1CCN(c2nc(-c3ccc(F)cc3)ncc2C(=O)NCC2CC2)CC1. The standard InChI is InChI=1S/C26H28FN5O/c1-18-4-2-3-5-23(18)31-12-14-32(15-13-31)25-22(26(33)29-16-19-6-7-19)17-28-24(30-25)20-8-10-21(27)11-9-20/h2-5,8-11,17,19H,6-7,12-16H2,1H3,(H,29,33). The zero-order valence-electron chi connectivity index (χ0n) is 18.8. The molecule has 1 N–H and O–H groups in total. The van der Waals surface area contributed by atoms with Crippen LogP contribution in [0.15, 0.2) is 54.7 Å². The van der Waals surface area contributed by atoms with Crippen molar-refractivity contribution < 1.29 is 9.18 Å². The minimum atomic E-state index is -0.303. The van der Waals surface area contributed by atoms with E-state index >= 15 is 0 Å². The van der Waals surface area contributed by atoms with E-state index in [1.54, 1.807) is 18.3 Å². The number of para-hydroxylation sites is 1. The quantitative estimate of drug-likeness (QED) is 0.620. The number of anilines is 2. The Bertz CT molecular complexity index is 1140. The van der Waals surface area contributed by atoms with Crippen LogP contribution < -0.4 is 15.1 Å². The van der Waals surface area contributed by atoms with E-state index in [0.29, 0.717) is 29.7 Å². The van der Waals surface area contributed by atoms with Crippen LogP contribution in [0.2, 0.25) is 0 Å². The Balaban J connectivity index is 1.40. The van der Waals surface area contributed by atoms with Crippen molar-refractivity contribution in [1.29, 1.82) is 0 Å². The highest BCUT2D eigenvalue weighted by Gasteiger charge is 2.27. The lowest BCUT2D eigenvalue weighted by Crippen LogP contribution is -2.47. The van der Waals surface area contributed by atoms with Crippen LogP contribution in [0, 0.1) is 18.7 Å². The molecule has 3 aromatic rings. The molecule has 1 aliphatic heterocycles. The number of benzene rings is 2. The number of rotatable bonds is 6. The molecule has 2 heterocycles. The van der Waals surface area contributed by atoms with E-state index < -0.39 is 0 Å². The van der Waals surface area contributed by atoms with Crippen LogP contribution >= 0.6 is 0 Å². The summed E-state index contributed by atoms with van der Waals surface area (Å²) in [6, 6.07) is 14.5. The lowest BCUT2D eigenvalue weighted by molar-refractivity contribution is 0.0951. The van der Waals surface area contributed by atoms with Gasteiger partial charge in [-0.25, -0.2) is 14.4 Å². The number of halogens is 1. The first-order chi connectivity index (χ1) is 16.1. The summed E-state index contributed by atoms with van der Waals surface area (Å²) >= 11 is 0. The van der Waals surface area contributed by atoms with Gasteiger partial charge >= 0.3 is 0 Å². The number of hydrogen-bond donors (Lipinski definition) is 1. The minimum Gasteiger partial charge on any atom is -0.368 e. The zero-order chi connectivity index (χ0) is 22.8. The van der Waals surface area contributed by atoms with Gasteiger partial charge in [0, 0.05) is 50.2 Å². The molecule has 0 bridgehead atoms. The topological polar surface area (TPSA) is 61.4 Å². The summed E-state index contributed by atoms with van der Waals surface area (Å²) in [6.07, 6.45) is 3.96. The summed E-state index contributed by atoms with van der Waals surface area (Å²) in [7, 11) is 0. The van der Waals surface area contributed by atoms with E-state index in [2.05, 4.69) is 51.3 Å². The van der Waals surface area contributed by atoms with Crippen LogP contribution in [0.4, 0.5) is 15.9 Å². The number of nitrogens with zero attached hydrogens (tertiary/aromatic N) is 4. The predicted molar refractivity (Wildman–Crippen MR) is 128 cm³/mol. The molecule has 1 saturated carbocycles. The molecule has 5 rings (SSSR count). The number of amides is 1. The molecule has 0 atom stereocenters. The van der Waals surface area contributed by atoms with Crippen LogP contribution in [-0.4, -0.2) is 48.6 Å². The fourth-order valence-electron chi connectivity index (χ4n) is 4.24. The van der Waals surface area contributed by atoms with Crippen molar-refractivity contribution in [2.45, 2.75) is 19.8 Å². The molecule has 33 heavy (non-hydrogen) atoms. The molecule has 2 aliphatic rings. The Morgan fingerprint density at radius 2 is 1.73 bits per heavy atom. The largest absolute Gasteiger partial charge is 0.368 e. The molecule has 0 unspecified atom stereocenters. The van der Waals surface area contributed by atoms with Crippen LogP contribution in [0.25, 0.3) is 11.4 Å². The Labute approximate surface area is 193 Å². The molecule has 1 aliphatic carbocycles. The van der Waals surface area contributed by atoms with Crippen LogP contribution in [0.5, 0.6) is 0 Å². The third-order valence-electron chi connectivity index (χ3n) is 6.40. The van der Waals surface area contributed by atoms with Gasteiger partial charge in [0.25, 0.3) is 5.91 Å². The highest BCUT2D eigenvalue weighted by atomic mass is 19.1. The summed E-state index contributed by atoms with van der Waals surface area (Å²) < 4.78 is 13.4. The van der Waals surface area contributed by atoms with Gasteiger partial charge in [-0.2, -0.15) is 0 Å². The first-order valence-corrected chi connectivity index (χ1v) is 11.5. The zero-order valence-corrected chi connectivity index (χ0v) is 18.8. The number of hydrogen-bond acceptors (Lipinski definition) is 5. The van der Waals surface area contributed by atoms with Crippen molar-refractivity contribution in [3.8, 4) is 11.4 Å². The van der Waals surface area contributed by atoms with Gasteiger partial charge in [-0.15, -0.1) is 0 Å². The molecule has 1 aromatic heterocycles. The smallest absolute Gasteiger partial charge is 0.256 e. The number of carbonyl (C=O) groups excluding carboxylic acids is 1. The third kappa shape index (κ3) is 4.82. The first kappa shape index (κ1) is 21.4. The maximum Gasteiger partial charge on any atom is 0.256 e. The van der Waals surface area contributed by atoms with E-state index in [0.717, 1.165) is 31.7 Å². The van der Waals surface area contributed by atoms with Gasteiger partial charge in [0.05, 0.1) is 0 Å². The van der Waals surface area contributed by atoms with Crippen molar-refractivity contribution in [2.24, 2.45) is 5.92 Å². The molecule has 170 valence electrons. The number of nitrogens with one attached hydrogen (secondary N) is 1. The van der Waals surface area contributed by atoms with Crippen molar-refractivity contribution >= 4 is 17.4 Å². The number of aromatic nitrogens is 2. The minimum absolute atomic E-state index is 0.135. The number of piperazine rings is 1. The Morgan fingerprint density at radius 3 is 2.42 bits per heavy atom. The van der Waals surface area contributed by atoms with Gasteiger partial charge in [-0.05, 0) is 61.6 Å². The molecule has 0 radical (unpaired) electrons. The molecule has 7 heteroatoms. The Hall–Kier alpha value is -3.48. The van der Waals surface area contributed by atoms with E-state index in [4.69, 9.17) is 4.98 Å². The summed E-state index contributed by atoms with van der Waals surface area (Å²) in [5, 5.41) is 3.04. The average molecular weight is 446 g/mol. The number of carbonyl (C=O) groups is 1. The highest BCUT2D eigenvalue weighted by Crippen LogP contribution is 2.29. The third-order valence-corrected chi connectivity index (χ3v) is 6.40. The van der Waals surface area contributed by atoms with Crippen molar-refractivity contribution in [3.63, 3.8) is 0 Å². The maximum absolute atomic E-state index is 13.4. The summed E-state index contributed by atoms with van der Waals surface area (Å²) in [4.78, 5) is 26.8. The first-order valence-electron chi connectivity index (χ1n) is 11.5. The van der Waals surface area contributed by atoms with Crippen LogP contribution in [0.1, 0.15) is 28.8 Å². The maximum atomic E-state index is 13.4. The lowest BCUT2D eigenvalue weighted by atomic mass is 10.1. The van der Waals surface area contributed by atoms with Crippen molar-refractivity contribution in [3.05, 3.63) is 71.7 Å². The van der Waals surface area contributed by atoms with Gasteiger partial charge in [0.15, 0.2) is 5.82 Å². The Morgan fingerprint density at radius 1 is 1.03 bits per heavy atom. The predicted octanol–water partition coefficient (Wildman–Crippen LogP) is 4.06. The molecule has 1 amide bonds. The monoisotopic (exact) mass is 445 g/mol. The van der Waals surface area contributed by atoms with Crippen molar-refractivity contribution in [1.82, 2.24) is 15.3 Å². The van der Waals surface area contributed by atoms with Crippen LogP contribution in [0.3, 0.4) is 0 Å². The van der Waals surface area contributed by atoms with Gasteiger partial charge < -0.3 is 15.1 Å². The van der Waals surface area contributed by atoms with Gasteiger partial charge in [-0.3, -0.25) is 4.79 Å². The molecule has 2 fully saturated rings. The fraction of sp³-hybridized carbons (Fsp3) is 0.346. The lowest BCUT2D eigenvalue weighted by Gasteiger charge is -2.38. The summed E-state index contributed by atoms with van der Waals surface area (Å²) in [5.74, 6) is 1.29. The second-order valence-corrected chi connectivity index (χ2v) is 8.85. The van der Waals surface area contributed by atoms with Crippen molar-refractivity contribution in [2.75, 3.05) is 42.5 Å². The summed E-state index contributed by atoms with van der Waals surface area (Å²) in [5.41, 5.74) is 3.72. The molecule has 0 spiro atoms. The van der Waals surface area contributed by atoms with E-state index in [-0.39, 0.29) is 11.7 Å². The van der Waals surface area contributed by atoms with E-state index in [9.17, 15) is 9.18 Å². The fourth-order valence-corrected chi connectivity index (χ4v) is 4.24. The second-order valence-electron chi connectivity index (χ2n) is 8.85. The molecule has 6 nitrogen and oxygen atoms in total. The van der Waals surface area contributed by atoms with Crippen LogP contribution in [-0.2, 0) is 0 Å². The average Bonchev–Trinajstić information content (AvgIpc) is 3.68. The normalized spacial score (nSPS) is 16.1. The molecule has 2 aromatic carbocycles. The van der Waals surface area contributed by atoms with Gasteiger partial charge in [0.2, 0.25) is 0 Å². The van der Waals surface area contributed by atoms with E-state index in [1.807, 2.05) is 0 Å². The highest BCUT2D eigenvalue weighted by molar-refractivity contribution is 5.99. The van der Waals surface area contributed by atoms with E-state index in [1.165, 1.54) is 36.2 Å². The van der Waals surface area contributed by atoms with Gasteiger partial charge in [-0.1, -0.05) is 18.2 Å². The number of aryl methyl sites for hydroxylation is 1.